The predicted octanol–water partition coefficient (Wildman–Crippen LogP) is 13.9. The molecule has 6 heteroatoms. The summed E-state index contributed by atoms with van der Waals surface area (Å²) in [5.41, 5.74) is -0.101. The summed E-state index contributed by atoms with van der Waals surface area (Å²) in [4.78, 5) is 30.3. The van der Waals surface area contributed by atoms with E-state index in [4.69, 9.17) is 0 Å². The van der Waals surface area contributed by atoms with E-state index in [0.717, 1.165) is 58.4 Å². The minimum absolute atomic E-state index is 0.101. The summed E-state index contributed by atoms with van der Waals surface area (Å²) in [6, 6.07) is 0. The van der Waals surface area contributed by atoms with Crippen LogP contribution in [0.15, 0.2) is 0 Å². The lowest BCUT2D eigenvalue weighted by molar-refractivity contribution is -0.122. The lowest BCUT2D eigenvalue weighted by Crippen LogP contribution is -2.60. The first-order chi connectivity index (χ1) is 26.9. The summed E-state index contributed by atoms with van der Waals surface area (Å²) in [7, 11) is 0. The van der Waals surface area contributed by atoms with Gasteiger partial charge in [-0.25, -0.2) is 0 Å². The quantitative estimate of drug-likeness (QED) is 0.0478. The number of amides is 2. The highest BCUT2D eigenvalue weighted by molar-refractivity contribution is 5.76. The van der Waals surface area contributed by atoms with E-state index in [2.05, 4.69) is 62.0 Å². The van der Waals surface area contributed by atoms with E-state index in [0.29, 0.717) is 19.4 Å². The Kier molecular flexibility index (Phi) is 40.2. The molecule has 0 rings (SSSR count). The molecule has 0 aliphatic rings. The van der Waals surface area contributed by atoms with Crippen molar-refractivity contribution < 1.29 is 9.59 Å². The van der Waals surface area contributed by atoms with Gasteiger partial charge in [-0.1, -0.05) is 214 Å². The van der Waals surface area contributed by atoms with Crippen LogP contribution in [0.25, 0.3) is 0 Å². The number of hydrogen-bond donors (Lipinski definition) is 2. The third-order valence-electron chi connectivity index (χ3n) is 12.4. The highest BCUT2D eigenvalue weighted by atomic mass is 16.2. The lowest BCUT2D eigenvalue weighted by Gasteiger charge is -2.48. The molecule has 0 bridgehead atoms. The van der Waals surface area contributed by atoms with Gasteiger partial charge in [0, 0.05) is 32.5 Å². The molecule has 55 heavy (non-hydrogen) atoms. The standard InChI is InChI=1S/C49H100N4O2/c1-7-12-14-16-18-20-22-24-26-28-30-32-34-36-38-41-47(54)50-44-40-43-49(6,52(9-3)10-4)53(11-5)46-45-51-48(55)42-39-37-35-33-31-29-27-25-23-21-19-17-15-13-8-2/h7-46H2,1-6H3,(H,50,54)(H,51,55). The van der Waals surface area contributed by atoms with Crippen molar-refractivity contribution in [3.63, 3.8) is 0 Å². The zero-order chi connectivity index (χ0) is 40.5. The molecule has 0 aromatic carbocycles. The van der Waals surface area contributed by atoms with E-state index in [1.54, 1.807) is 0 Å². The molecule has 2 N–H and O–H groups in total. The molecular formula is C49H100N4O2. The summed E-state index contributed by atoms with van der Waals surface area (Å²) in [5, 5.41) is 6.44. The molecule has 6 nitrogen and oxygen atoms in total. The van der Waals surface area contributed by atoms with Crippen molar-refractivity contribution >= 4 is 11.8 Å². The third-order valence-corrected chi connectivity index (χ3v) is 12.4. The summed E-state index contributed by atoms with van der Waals surface area (Å²) < 4.78 is 0. The maximum atomic E-state index is 12.7. The van der Waals surface area contributed by atoms with Crippen molar-refractivity contribution in [2.45, 2.75) is 266 Å². The molecule has 0 saturated heterocycles. The fourth-order valence-corrected chi connectivity index (χ4v) is 8.63. The van der Waals surface area contributed by atoms with Crippen molar-refractivity contribution in [2.75, 3.05) is 39.3 Å². The Labute approximate surface area is 345 Å². The first-order valence-corrected chi connectivity index (χ1v) is 24.9. The second-order valence-electron chi connectivity index (χ2n) is 17.2. The molecule has 328 valence electrons. The number of carbonyl (C=O) groups excluding carboxylic acids is 2. The summed E-state index contributed by atoms with van der Waals surface area (Å²) in [6.07, 6.45) is 43.7. The van der Waals surface area contributed by atoms with Crippen molar-refractivity contribution in [1.82, 2.24) is 20.4 Å². The molecule has 2 amide bonds. The van der Waals surface area contributed by atoms with Gasteiger partial charge < -0.3 is 10.6 Å². The fourth-order valence-electron chi connectivity index (χ4n) is 8.63. The summed E-state index contributed by atoms with van der Waals surface area (Å²) in [5.74, 6) is 0.412. The van der Waals surface area contributed by atoms with Crippen LogP contribution in [0, 0.1) is 0 Å². The van der Waals surface area contributed by atoms with Crippen LogP contribution in [0.5, 0.6) is 0 Å². The molecule has 0 aliphatic carbocycles. The van der Waals surface area contributed by atoms with E-state index < -0.39 is 0 Å². The fraction of sp³-hybridized carbons (Fsp3) is 0.959. The van der Waals surface area contributed by atoms with Gasteiger partial charge in [0.15, 0.2) is 0 Å². The van der Waals surface area contributed by atoms with E-state index in [1.165, 1.54) is 180 Å². The number of unbranched alkanes of at least 4 members (excludes halogenated alkanes) is 28. The third kappa shape index (κ3) is 32.5. The first-order valence-electron chi connectivity index (χ1n) is 24.9. The van der Waals surface area contributed by atoms with Crippen LogP contribution >= 0.6 is 0 Å². The molecule has 1 atom stereocenters. The molecule has 0 heterocycles. The van der Waals surface area contributed by atoms with Crippen LogP contribution < -0.4 is 10.6 Å². The average molecular weight is 777 g/mol. The van der Waals surface area contributed by atoms with Crippen LogP contribution in [0.3, 0.4) is 0 Å². The Morgan fingerprint density at radius 2 is 0.673 bits per heavy atom. The van der Waals surface area contributed by atoms with Gasteiger partial charge in [-0.15, -0.1) is 0 Å². The van der Waals surface area contributed by atoms with E-state index in [-0.39, 0.29) is 17.5 Å². The van der Waals surface area contributed by atoms with Gasteiger partial charge in [-0.05, 0) is 52.2 Å². The van der Waals surface area contributed by atoms with Crippen LogP contribution in [0.2, 0.25) is 0 Å². The van der Waals surface area contributed by atoms with Crippen molar-refractivity contribution in [2.24, 2.45) is 0 Å². The van der Waals surface area contributed by atoms with Gasteiger partial charge in [-0.2, -0.15) is 0 Å². The lowest BCUT2D eigenvalue weighted by atomic mass is 10.00. The van der Waals surface area contributed by atoms with E-state index >= 15 is 0 Å². The van der Waals surface area contributed by atoms with E-state index in [1.807, 2.05) is 0 Å². The predicted molar refractivity (Wildman–Crippen MR) is 243 cm³/mol. The first kappa shape index (κ1) is 53.9. The Morgan fingerprint density at radius 3 is 0.982 bits per heavy atom. The second kappa shape index (κ2) is 41.0. The molecule has 0 saturated carbocycles. The van der Waals surface area contributed by atoms with Gasteiger partial charge in [0.1, 0.15) is 0 Å². The van der Waals surface area contributed by atoms with Crippen LogP contribution in [-0.2, 0) is 9.59 Å². The molecule has 0 aromatic rings. The van der Waals surface area contributed by atoms with Gasteiger partial charge in [0.05, 0.1) is 5.66 Å². The Bertz CT molecular complexity index is 819. The Hall–Kier alpha value is -1.14. The number of nitrogens with zero attached hydrogens (tertiary/aromatic N) is 2. The van der Waals surface area contributed by atoms with Crippen LogP contribution in [0.1, 0.15) is 260 Å². The summed E-state index contributed by atoms with van der Waals surface area (Å²) in [6.45, 7) is 18.8. The van der Waals surface area contributed by atoms with Crippen LogP contribution in [0.4, 0.5) is 0 Å². The number of carbonyl (C=O) groups is 2. The zero-order valence-corrected chi connectivity index (χ0v) is 38.5. The van der Waals surface area contributed by atoms with Gasteiger partial charge in [0.2, 0.25) is 11.8 Å². The molecule has 0 spiro atoms. The molecule has 0 aliphatic heterocycles. The number of likely N-dealkylation sites (N-methyl/N-ethyl adjacent to an activating group) is 1. The highest BCUT2D eigenvalue weighted by Crippen LogP contribution is 2.26. The Morgan fingerprint density at radius 1 is 0.382 bits per heavy atom. The van der Waals surface area contributed by atoms with Crippen molar-refractivity contribution in [3.8, 4) is 0 Å². The minimum atomic E-state index is -0.101. The van der Waals surface area contributed by atoms with Gasteiger partial charge in [0.25, 0.3) is 0 Å². The smallest absolute Gasteiger partial charge is 0.220 e. The Balaban J connectivity index is 4.08. The van der Waals surface area contributed by atoms with Crippen molar-refractivity contribution in [3.05, 3.63) is 0 Å². The van der Waals surface area contributed by atoms with Crippen molar-refractivity contribution in [1.29, 1.82) is 0 Å². The molecule has 0 fully saturated rings. The van der Waals surface area contributed by atoms with E-state index in [9.17, 15) is 9.59 Å². The number of hydrogen-bond acceptors (Lipinski definition) is 4. The van der Waals surface area contributed by atoms with Gasteiger partial charge >= 0.3 is 0 Å². The monoisotopic (exact) mass is 777 g/mol. The second-order valence-corrected chi connectivity index (χ2v) is 17.2. The van der Waals surface area contributed by atoms with Crippen LogP contribution in [-0.4, -0.2) is 66.5 Å². The normalized spacial score (nSPS) is 12.8. The average Bonchev–Trinajstić information content (AvgIpc) is 3.18. The largest absolute Gasteiger partial charge is 0.356 e. The number of rotatable bonds is 44. The summed E-state index contributed by atoms with van der Waals surface area (Å²) >= 11 is 0. The zero-order valence-electron chi connectivity index (χ0n) is 38.5. The maximum Gasteiger partial charge on any atom is 0.220 e. The molecular weight excluding hydrogens is 677 g/mol. The highest BCUT2D eigenvalue weighted by Gasteiger charge is 2.35. The maximum absolute atomic E-state index is 12.7. The SMILES string of the molecule is CCCCCCCCCCCCCCCCCC(=O)NCCCC(C)(N(CC)CC)N(CC)CCNC(=O)CCCCCCCCCCCCCCCCC. The number of nitrogens with one attached hydrogen (secondary N) is 2. The molecule has 0 radical (unpaired) electrons. The van der Waals surface area contributed by atoms with Gasteiger partial charge in [-0.3, -0.25) is 19.4 Å². The topological polar surface area (TPSA) is 64.7 Å². The molecule has 0 aromatic heterocycles. The molecule has 1 unspecified atom stereocenters. The minimum Gasteiger partial charge on any atom is -0.356 e.